The molecule has 1 aromatic rings. The van der Waals surface area contributed by atoms with E-state index in [4.69, 9.17) is 0 Å². The molecule has 0 amide bonds. The topological polar surface area (TPSA) is 37.8 Å². The third kappa shape index (κ3) is 4.18. The Morgan fingerprint density at radius 2 is 2.13 bits per heavy atom. The number of thioether (sulfide) groups is 1. The van der Waals surface area contributed by atoms with Crippen molar-refractivity contribution in [3.05, 3.63) is 18.6 Å². The van der Waals surface area contributed by atoms with Gasteiger partial charge in [-0.1, -0.05) is 20.8 Å². The lowest BCUT2D eigenvalue weighted by Crippen LogP contribution is -2.40. The van der Waals surface area contributed by atoms with E-state index in [1.165, 1.54) is 0 Å². The second kappa shape index (κ2) is 5.47. The first-order chi connectivity index (χ1) is 7.04. The fourth-order valence-electron chi connectivity index (χ4n) is 1.30. The van der Waals surface area contributed by atoms with Gasteiger partial charge >= 0.3 is 0 Å². The highest BCUT2D eigenvalue weighted by atomic mass is 32.2. The summed E-state index contributed by atoms with van der Waals surface area (Å²) in [5.41, 5.74) is 0.268. The summed E-state index contributed by atoms with van der Waals surface area (Å²) in [6.45, 7) is 6.72. The van der Waals surface area contributed by atoms with Crippen LogP contribution in [0.15, 0.2) is 23.6 Å². The molecule has 0 spiro atoms. The molecule has 0 fully saturated rings. The summed E-state index contributed by atoms with van der Waals surface area (Å²) < 4.78 is 0. The second-order valence-electron chi connectivity index (χ2n) is 4.56. The Balaban J connectivity index is 2.49. The maximum absolute atomic E-state index is 4.24. The van der Waals surface area contributed by atoms with Crippen molar-refractivity contribution in [3.63, 3.8) is 0 Å². The van der Waals surface area contributed by atoms with E-state index >= 15 is 0 Å². The van der Waals surface area contributed by atoms with Crippen LogP contribution in [0.1, 0.15) is 20.8 Å². The van der Waals surface area contributed by atoms with E-state index in [0.29, 0.717) is 6.04 Å². The van der Waals surface area contributed by atoms with Crippen molar-refractivity contribution in [2.75, 3.05) is 12.8 Å². The molecule has 0 aromatic carbocycles. The first-order valence-electron chi connectivity index (χ1n) is 5.10. The van der Waals surface area contributed by atoms with Gasteiger partial charge in [-0.2, -0.15) is 0 Å². The van der Waals surface area contributed by atoms with Gasteiger partial charge in [0.2, 0.25) is 0 Å². The Labute approximate surface area is 96.1 Å². The zero-order valence-corrected chi connectivity index (χ0v) is 10.6. The van der Waals surface area contributed by atoms with Crippen LogP contribution in [-0.4, -0.2) is 28.8 Å². The lowest BCUT2D eigenvalue weighted by molar-refractivity contribution is 0.305. The van der Waals surface area contributed by atoms with E-state index in [9.17, 15) is 0 Å². The molecule has 1 unspecified atom stereocenters. The normalized spacial score (nSPS) is 13.9. The van der Waals surface area contributed by atoms with E-state index in [1.807, 2.05) is 7.05 Å². The average molecular weight is 225 g/mol. The van der Waals surface area contributed by atoms with Crippen LogP contribution in [0.5, 0.6) is 0 Å². The van der Waals surface area contributed by atoms with Crippen molar-refractivity contribution < 1.29 is 0 Å². The Morgan fingerprint density at radius 3 is 2.60 bits per heavy atom. The summed E-state index contributed by atoms with van der Waals surface area (Å²) in [5, 5.41) is 4.33. The SMILES string of the molecule is CNC(CSc1cnccn1)C(C)(C)C. The minimum Gasteiger partial charge on any atom is -0.316 e. The number of nitrogens with zero attached hydrogens (tertiary/aromatic N) is 2. The number of hydrogen-bond donors (Lipinski definition) is 1. The molecule has 0 saturated heterocycles. The van der Waals surface area contributed by atoms with E-state index in [1.54, 1.807) is 30.4 Å². The molecule has 0 aliphatic rings. The maximum Gasteiger partial charge on any atom is 0.114 e. The zero-order chi connectivity index (χ0) is 11.3. The smallest absolute Gasteiger partial charge is 0.114 e. The van der Waals surface area contributed by atoms with Gasteiger partial charge in [0.1, 0.15) is 5.03 Å². The van der Waals surface area contributed by atoms with Gasteiger partial charge in [-0.05, 0) is 12.5 Å². The van der Waals surface area contributed by atoms with Crippen molar-refractivity contribution in [1.82, 2.24) is 15.3 Å². The molecule has 0 aliphatic heterocycles. The summed E-state index contributed by atoms with van der Waals surface area (Å²) >= 11 is 1.74. The minimum atomic E-state index is 0.268. The largest absolute Gasteiger partial charge is 0.316 e. The third-order valence-corrected chi connectivity index (χ3v) is 3.34. The van der Waals surface area contributed by atoms with Gasteiger partial charge in [0.05, 0.1) is 6.20 Å². The second-order valence-corrected chi connectivity index (χ2v) is 5.60. The van der Waals surface area contributed by atoms with Crippen molar-refractivity contribution >= 4 is 11.8 Å². The van der Waals surface area contributed by atoms with Crippen LogP contribution >= 0.6 is 11.8 Å². The summed E-state index contributed by atoms with van der Waals surface area (Å²) in [6.07, 6.45) is 5.23. The highest BCUT2D eigenvalue weighted by molar-refractivity contribution is 7.99. The molecule has 15 heavy (non-hydrogen) atoms. The zero-order valence-electron chi connectivity index (χ0n) is 9.82. The van der Waals surface area contributed by atoms with Crippen molar-refractivity contribution in [2.24, 2.45) is 5.41 Å². The maximum atomic E-state index is 4.24. The quantitative estimate of drug-likeness (QED) is 0.797. The lowest BCUT2D eigenvalue weighted by Gasteiger charge is -2.29. The number of hydrogen-bond acceptors (Lipinski definition) is 4. The van der Waals surface area contributed by atoms with Gasteiger partial charge in [-0.25, -0.2) is 4.98 Å². The van der Waals surface area contributed by atoms with Gasteiger partial charge in [0, 0.05) is 24.2 Å². The molecule has 1 rings (SSSR count). The number of nitrogens with one attached hydrogen (secondary N) is 1. The molecule has 4 heteroatoms. The van der Waals surface area contributed by atoms with Crippen molar-refractivity contribution in [1.29, 1.82) is 0 Å². The predicted molar refractivity (Wildman–Crippen MR) is 65.1 cm³/mol. The van der Waals surface area contributed by atoms with Crippen LogP contribution in [0.3, 0.4) is 0 Å². The molecule has 3 nitrogen and oxygen atoms in total. The van der Waals surface area contributed by atoms with Crippen molar-refractivity contribution in [2.45, 2.75) is 31.8 Å². The van der Waals surface area contributed by atoms with Gasteiger partial charge in [0.25, 0.3) is 0 Å². The fourth-order valence-corrected chi connectivity index (χ4v) is 2.57. The molecule has 1 heterocycles. The number of rotatable bonds is 4. The summed E-state index contributed by atoms with van der Waals surface area (Å²) in [4.78, 5) is 8.29. The van der Waals surface area contributed by atoms with E-state index in [0.717, 1.165) is 10.8 Å². The molecule has 1 atom stereocenters. The predicted octanol–water partition coefficient (Wildman–Crippen LogP) is 2.20. The first kappa shape index (κ1) is 12.5. The Hall–Kier alpha value is -0.610. The van der Waals surface area contributed by atoms with Crippen LogP contribution in [0.25, 0.3) is 0 Å². The van der Waals surface area contributed by atoms with Crippen LogP contribution in [-0.2, 0) is 0 Å². The summed E-state index contributed by atoms with van der Waals surface area (Å²) in [7, 11) is 2.01. The number of aromatic nitrogens is 2. The van der Waals surface area contributed by atoms with Crippen LogP contribution in [0.4, 0.5) is 0 Å². The molecular formula is C11H19N3S. The lowest BCUT2D eigenvalue weighted by atomic mass is 9.88. The van der Waals surface area contributed by atoms with Crippen LogP contribution < -0.4 is 5.32 Å². The fraction of sp³-hybridized carbons (Fsp3) is 0.636. The molecule has 1 N–H and O–H groups in total. The molecular weight excluding hydrogens is 206 g/mol. The molecule has 0 bridgehead atoms. The Morgan fingerprint density at radius 1 is 1.40 bits per heavy atom. The van der Waals surface area contributed by atoms with Gasteiger partial charge < -0.3 is 5.32 Å². The highest BCUT2D eigenvalue weighted by Crippen LogP contribution is 2.24. The molecule has 84 valence electrons. The first-order valence-corrected chi connectivity index (χ1v) is 6.08. The van der Waals surface area contributed by atoms with Crippen LogP contribution in [0.2, 0.25) is 0 Å². The Bertz CT molecular complexity index is 282. The summed E-state index contributed by atoms with van der Waals surface area (Å²) in [5.74, 6) is 1.01. The molecule has 0 saturated carbocycles. The van der Waals surface area contributed by atoms with Crippen molar-refractivity contribution in [3.8, 4) is 0 Å². The minimum absolute atomic E-state index is 0.268. The third-order valence-electron chi connectivity index (χ3n) is 2.33. The highest BCUT2D eigenvalue weighted by Gasteiger charge is 2.22. The van der Waals surface area contributed by atoms with Crippen LogP contribution in [0, 0.1) is 5.41 Å². The molecule has 0 radical (unpaired) electrons. The monoisotopic (exact) mass is 225 g/mol. The van der Waals surface area contributed by atoms with E-state index in [2.05, 4.69) is 36.1 Å². The van der Waals surface area contributed by atoms with Gasteiger partial charge in [0.15, 0.2) is 0 Å². The molecule has 1 aromatic heterocycles. The van der Waals surface area contributed by atoms with E-state index < -0.39 is 0 Å². The van der Waals surface area contributed by atoms with Gasteiger partial charge in [-0.15, -0.1) is 11.8 Å². The van der Waals surface area contributed by atoms with Gasteiger partial charge in [-0.3, -0.25) is 4.98 Å². The van der Waals surface area contributed by atoms with E-state index in [-0.39, 0.29) is 5.41 Å². The molecule has 0 aliphatic carbocycles. The average Bonchev–Trinajstić information content (AvgIpc) is 2.18. The Kier molecular flexibility index (Phi) is 4.54. The summed E-state index contributed by atoms with van der Waals surface area (Å²) in [6, 6.07) is 0.476. The standard InChI is InChI=1S/C11H19N3S/c1-11(2,3)9(12-4)8-15-10-7-13-5-6-14-10/h5-7,9,12H,8H2,1-4H3.